The van der Waals surface area contributed by atoms with Gasteiger partial charge in [-0.25, -0.2) is 9.59 Å². The largest absolute Gasteiger partial charge is 0.473 e. The molecule has 7 heteroatoms. The van der Waals surface area contributed by atoms with Crippen LogP contribution in [0.2, 0.25) is 0 Å². The van der Waals surface area contributed by atoms with Crippen LogP contribution in [0.5, 0.6) is 0 Å². The van der Waals surface area contributed by atoms with E-state index in [1.165, 1.54) is 21.2 Å². The maximum atomic E-state index is 9.10. The number of hydrogen-bond donors (Lipinski definition) is 2. The Labute approximate surface area is 173 Å². The number of carbonyl (C=O) groups is 2. The summed E-state index contributed by atoms with van der Waals surface area (Å²) in [6, 6.07) is 17.4. The van der Waals surface area contributed by atoms with E-state index in [1.807, 2.05) is 0 Å². The standard InChI is InChI=1S/C19H23BrN2.C2H2O4/c1-16-5-4-6-17(13-16)14-21-9-11-22(12-10-21)15-18-7-2-3-8-19(18)20;3-1(4)2(5)6/h2-8,13H,9-12,14-15H2,1H3;(H,3,4)(H,5,6). The minimum absolute atomic E-state index is 1.04. The van der Waals surface area contributed by atoms with Crippen molar-refractivity contribution in [1.82, 2.24) is 9.80 Å². The third-order valence-electron chi connectivity index (χ3n) is 4.49. The van der Waals surface area contributed by atoms with Crippen LogP contribution in [-0.2, 0) is 22.7 Å². The smallest absolute Gasteiger partial charge is 0.414 e. The Balaban J connectivity index is 0.000000409. The topological polar surface area (TPSA) is 81.1 Å². The molecule has 2 N–H and O–H groups in total. The molecular formula is C21H25BrN2O4. The van der Waals surface area contributed by atoms with Crippen molar-refractivity contribution in [3.63, 3.8) is 0 Å². The lowest BCUT2D eigenvalue weighted by Gasteiger charge is -2.35. The highest BCUT2D eigenvalue weighted by Crippen LogP contribution is 2.19. The summed E-state index contributed by atoms with van der Waals surface area (Å²) in [7, 11) is 0. The Morgan fingerprint density at radius 3 is 2.00 bits per heavy atom. The van der Waals surface area contributed by atoms with Crippen LogP contribution in [0.1, 0.15) is 16.7 Å². The summed E-state index contributed by atoms with van der Waals surface area (Å²) in [6.07, 6.45) is 0. The maximum absolute atomic E-state index is 9.10. The van der Waals surface area contributed by atoms with E-state index in [0.717, 1.165) is 39.3 Å². The van der Waals surface area contributed by atoms with Gasteiger partial charge in [0.15, 0.2) is 0 Å². The van der Waals surface area contributed by atoms with Gasteiger partial charge in [-0.2, -0.15) is 0 Å². The van der Waals surface area contributed by atoms with Crippen molar-refractivity contribution in [3.05, 3.63) is 69.7 Å². The van der Waals surface area contributed by atoms with E-state index in [1.54, 1.807) is 0 Å². The minimum Gasteiger partial charge on any atom is -0.473 e. The lowest BCUT2D eigenvalue weighted by molar-refractivity contribution is -0.159. The summed E-state index contributed by atoms with van der Waals surface area (Å²) in [5.74, 6) is -3.65. The van der Waals surface area contributed by atoms with Gasteiger partial charge in [0, 0.05) is 43.7 Å². The van der Waals surface area contributed by atoms with Crippen molar-refractivity contribution in [2.45, 2.75) is 20.0 Å². The van der Waals surface area contributed by atoms with Crippen LogP contribution >= 0.6 is 15.9 Å². The van der Waals surface area contributed by atoms with Crippen LogP contribution in [0.25, 0.3) is 0 Å². The molecule has 1 fully saturated rings. The van der Waals surface area contributed by atoms with Crippen LogP contribution in [0.4, 0.5) is 0 Å². The fourth-order valence-corrected chi connectivity index (χ4v) is 3.45. The molecule has 150 valence electrons. The first kappa shape index (κ1) is 22.1. The number of halogens is 1. The Bertz CT molecular complexity index is 792. The third-order valence-corrected chi connectivity index (χ3v) is 5.26. The highest BCUT2D eigenvalue weighted by molar-refractivity contribution is 9.10. The van der Waals surface area contributed by atoms with Crippen molar-refractivity contribution in [2.75, 3.05) is 26.2 Å². The normalized spacial score (nSPS) is 14.8. The summed E-state index contributed by atoms with van der Waals surface area (Å²) in [6.45, 7) is 8.88. The number of nitrogens with zero attached hydrogens (tertiary/aromatic N) is 2. The van der Waals surface area contributed by atoms with Crippen LogP contribution in [-0.4, -0.2) is 58.1 Å². The molecule has 1 heterocycles. The van der Waals surface area contributed by atoms with E-state index >= 15 is 0 Å². The van der Waals surface area contributed by atoms with Gasteiger partial charge in [-0.1, -0.05) is 64.0 Å². The molecule has 0 atom stereocenters. The first-order valence-electron chi connectivity index (χ1n) is 9.05. The van der Waals surface area contributed by atoms with Gasteiger partial charge < -0.3 is 10.2 Å². The second-order valence-electron chi connectivity index (χ2n) is 6.74. The van der Waals surface area contributed by atoms with Crippen LogP contribution < -0.4 is 0 Å². The average molecular weight is 449 g/mol. The number of aryl methyl sites for hydroxylation is 1. The molecule has 28 heavy (non-hydrogen) atoms. The molecule has 0 aromatic heterocycles. The highest BCUT2D eigenvalue weighted by Gasteiger charge is 2.17. The Kier molecular flexibility index (Phi) is 8.63. The Morgan fingerprint density at radius 1 is 0.893 bits per heavy atom. The molecule has 0 saturated carbocycles. The fourth-order valence-electron chi connectivity index (χ4n) is 3.04. The molecule has 6 nitrogen and oxygen atoms in total. The molecule has 0 spiro atoms. The molecule has 0 aliphatic carbocycles. The maximum Gasteiger partial charge on any atom is 0.414 e. The van der Waals surface area contributed by atoms with Crippen LogP contribution in [0, 0.1) is 6.92 Å². The molecule has 0 bridgehead atoms. The predicted molar refractivity (Wildman–Crippen MR) is 111 cm³/mol. The van der Waals surface area contributed by atoms with Gasteiger partial charge in [0.25, 0.3) is 0 Å². The van der Waals surface area contributed by atoms with Gasteiger partial charge in [-0.3, -0.25) is 9.80 Å². The average Bonchev–Trinajstić information content (AvgIpc) is 2.66. The fraction of sp³-hybridized carbons (Fsp3) is 0.333. The van der Waals surface area contributed by atoms with Crippen molar-refractivity contribution >= 4 is 27.9 Å². The monoisotopic (exact) mass is 448 g/mol. The zero-order valence-electron chi connectivity index (χ0n) is 15.8. The van der Waals surface area contributed by atoms with E-state index in [0.29, 0.717) is 0 Å². The number of rotatable bonds is 4. The van der Waals surface area contributed by atoms with Gasteiger partial charge in [-0.15, -0.1) is 0 Å². The molecule has 2 aromatic carbocycles. The van der Waals surface area contributed by atoms with E-state index in [9.17, 15) is 0 Å². The Hall–Kier alpha value is -2.22. The van der Waals surface area contributed by atoms with E-state index in [4.69, 9.17) is 19.8 Å². The van der Waals surface area contributed by atoms with Gasteiger partial charge >= 0.3 is 11.9 Å². The molecule has 0 radical (unpaired) electrons. The second kappa shape index (κ2) is 10.9. The summed E-state index contributed by atoms with van der Waals surface area (Å²) in [5.41, 5.74) is 4.17. The number of piperazine rings is 1. The summed E-state index contributed by atoms with van der Waals surface area (Å²) >= 11 is 3.65. The van der Waals surface area contributed by atoms with Gasteiger partial charge in [0.1, 0.15) is 0 Å². The molecule has 2 aromatic rings. The van der Waals surface area contributed by atoms with Crippen LogP contribution in [0.3, 0.4) is 0 Å². The van der Waals surface area contributed by atoms with Crippen molar-refractivity contribution in [1.29, 1.82) is 0 Å². The predicted octanol–water partition coefficient (Wildman–Crippen LogP) is 3.23. The minimum atomic E-state index is -1.82. The SMILES string of the molecule is Cc1cccc(CN2CCN(Cc3ccccc3Br)CC2)c1.O=C(O)C(=O)O. The lowest BCUT2D eigenvalue weighted by atomic mass is 10.1. The second-order valence-corrected chi connectivity index (χ2v) is 7.60. The van der Waals surface area contributed by atoms with Crippen molar-refractivity contribution in [2.24, 2.45) is 0 Å². The quantitative estimate of drug-likeness (QED) is 0.698. The van der Waals surface area contributed by atoms with E-state index in [-0.39, 0.29) is 0 Å². The third kappa shape index (κ3) is 7.42. The number of hydrogen-bond acceptors (Lipinski definition) is 4. The van der Waals surface area contributed by atoms with Crippen molar-refractivity contribution < 1.29 is 19.8 Å². The Morgan fingerprint density at radius 2 is 1.46 bits per heavy atom. The number of carboxylic acid groups (broad SMARTS) is 2. The molecule has 0 amide bonds. The molecular weight excluding hydrogens is 424 g/mol. The van der Waals surface area contributed by atoms with Gasteiger partial charge in [0.05, 0.1) is 0 Å². The molecule has 1 saturated heterocycles. The summed E-state index contributed by atoms with van der Waals surface area (Å²) < 4.78 is 1.22. The summed E-state index contributed by atoms with van der Waals surface area (Å²) in [4.78, 5) is 23.3. The lowest BCUT2D eigenvalue weighted by Crippen LogP contribution is -2.45. The number of benzene rings is 2. The number of aliphatic carboxylic acids is 2. The molecule has 1 aliphatic rings. The zero-order valence-corrected chi connectivity index (χ0v) is 17.4. The number of carboxylic acids is 2. The molecule has 0 unspecified atom stereocenters. The van der Waals surface area contributed by atoms with E-state index in [2.05, 4.69) is 81.2 Å². The molecule has 1 aliphatic heterocycles. The highest BCUT2D eigenvalue weighted by atomic mass is 79.9. The van der Waals surface area contributed by atoms with E-state index < -0.39 is 11.9 Å². The van der Waals surface area contributed by atoms with Crippen LogP contribution in [0.15, 0.2) is 53.0 Å². The molecule has 3 rings (SSSR count). The van der Waals surface area contributed by atoms with Crippen molar-refractivity contribution in [3.8, 4) is 0 Å². The van der Waals surface area contributed by atoms with Gasteiger partial charge in [-0.05, 0) is 24.1 Å². The zero-order chi connectivity index (χ0) is 20.5. The van der Waals surface area contributed by atoms with Gasteiger partial charge in [0.2, 0.25) is 0 Å². The summed E-state index contributed by atoms with van der Waals surface area (Å²) in [5, 5.41) is 14.8. The first-order valence-corrected chi connectivity index (χ1v) is 9.84. The first-order chi connectivity index (χ1) is 13.3.